The van der Waals surface area contributed by atoms with E-state index in [1.54, 1.807) is 0 Å². The molecule has 22 heavy (non-hydrogen) atoms. The smallest absolute Gasteiger partial charge is 0.240 e. The van der Waals surface area contributed by atoms with Crippen LogP contribution in [-0.4, -0.2) is 55.0 Å². The van der Waals surface area contributed by atoms with Crippen LogP contribution in [0.25, 0.3) is 0 Å². The molecule has 1 heterocycles. The summed E-state index contributed by atoms with van der Waals surface area (Å²) in [4.78, 5) is 23.1. The fraction of sp³-hybridized carbons (Fsp3) is 0.882. The lowest BCUT2D eigenvalue weighted by atomic mass is 9.86. The van der Waals surface area contributed by atoms with Gasteiger partial charge in [0, 0.05) is 19.7 Å². The average Bonchev–Trinajstić information content (AvgIpc) is 2.89. The third kappa shape index (κ3) is 9.90. The molecule has 1 aliphatic heterocycles. The maximum absolute atomic E-state index is 12.3. The van der Waals surface area contributed by atoms with Crippen LogP contribution < -0.4 is 5.32 Å². The van der Waals surface area contributed by atoms with Crippen LogP contribution in [0.5, 0.6) is 0 Å². The molecule has 0 spiro atoms. The largest absolute Gasteiger partial charge is 0.400 e. The van der Waals surface area contributed by atoms with Crippen LogP contribution in [0.3, 0.4) is 0 Å². The molecule has 1 saturated heterocycles. The van der Waals surface area contributed by atoms with Gasteiger partial charge in [-0.2, -0.15) is 0 Å². The average molecular weight is 319 g/mol. The molecule has 0 aromatic carbocycles. The van der Waals surface area contributed by atoms with Crippen molar-refractivity contribution in [1.82, 2.24) is 10.2 Å². The number of aldehydes is 1. The van der Waals surface area contributed by atoms with Crippen LogP contribution in [0.2, 0.25) is 0 Å². The molecule has 0 radical (unpaired) electrons. The van der Waals surface area contributed by atoms with Crippen LogP contribution in [0.1, 0.15) is 61.3 Å². The second kappa shape index (κ2) is 15.0. The van der Waals surface area contributed by atoms with Crippen LogP contribution in [0.4, 0.5) is 0 Å². The quantitative estimate of drug-likeness (QED) is 0.767. The molecule has 0 saturated carbocycles. The second-order valence-corrected chi connectivity index (χ2v) is 5.85. The van der Waals surface area contributed by atoms with Crippen molar-refractivity contribution in [2.75, 3.05) is 20.7 Å². The Morgan fingerprint density at radius 1 is 1.32 bits per heavy atom. The standard InChI is InChI=1S/C12H24N2O.C2H4O.C2H6.CH4O/c1-9-7-6-8-14(9)11(15)10(13-5)12(2,3)4;1-2-3;2*1-2/h9-10,13H,6-8H2,1-5H3;2H,1H3;1-2H3;2H,1H3. The van der Waals surface area contributed by atoms with E-state index in [0.717, 1.165) is 32.8 Å². The van der Waals surface area contributed by atoms with Crippen molar-refractivity contribution in [2.45, 2.75) is 73.4 Å². The maximum Gasteiger partial charge on any atom is 0.240 e. The summed E-state index contributed by atoms with van der Waals surface area (Å²) >= 11 is 0. The summed E-state index contributed by atoms with van der Waals surface area (Å²) in [7, 11) is 2.87. The Kier molecular flexibility index (Phi) is 17.7. The monoisotopic (exact) mass is 318 g/mol. The predicted molar refractivity (Wildman–Crippen MR) is 93.9 cm³/mol. The highest BCUT2D eigenvalue weighted by Gasteiger charge is 2.36. The van der Waals surface area contributed by atoms with Crippen molar-refractivity contribution in [3.63, 3.8) is 0 Å². The number of amides is 1. The number of nitrogens with one attached hydrogen (secondary N) is 1. The molecule has 1 aliphatic rings. The molecule has 0 aromatic rings. The van der Waals surface area contributed by atoms with Gasteiger partial charge >= 0.3 is 0 Å². The minimum absolute atomic E-state index is 0.0197. The SMILES string of the molecule is CC.CC=O.CNC(C(=O)N1CCCC1C)C(C)(C)C.CO. The van der Waals surface area contributed by atoms with Crippen molar-refractivity contribution < 1.29 is 14.7 Å². The number of likely N-dealkylation sites (N-methyl/N-ethyl adjacent to an activating group) is 1. The highest BCUT2D eigenvalue weighted by molar-refractivity contribution is 5.83. The first kappa shape index (κ1) is 26.0. The van der Waals surface area contributed by atoms with Gasteiger partial charge in [-0.3, -0.25) is 4.79 Å². The van der Waals surface area contributed by atoms with Gasteiger partial charge in [-0.15, -0.1) is 0 Å². The lowest BCUT2D eigenvalue weighted by Crippen LogP contribution is -2.52. The Morgan fingerprint density at radius 2 is 1.73 bits per heavy atom. The van der Waals surface area contributed by atoms with E-state index in [4.69, 9.17) is 9.90 Å². The summed E-state index contributed by atoms with van der Waals surface area (Å²) in [6, 6.07) is 0.341. The lowest BCUT2D eigenvalue weighted by molar-refractivity contribution is -0.136. The maximum atomic E-state index is 12.3. The van der Waals surface area contributed by atoms with Crippen molar-refractivity contribution in [3.8, 4) is 0 Å². The molecule has 134 valence electrons. The molecule has 1 amide bonds. The molecule has 5 nitrogen and oxygen atoms in total. The Labute approximate surface area is 137 Å². The Bertz CT molecular complexity index is 276. The topological polar surface area (TPSA) is 69.6 Å². The van der Waals surface area contributed by atoms with E-state index in [9.17, 15) is 4.79 Å². The highest BCUT2D eigenvalue weighted by Crippen LogP contribution is 2.24. The first-order valence-corrected chi connectivity index (χ1v) is 8.11. The van der Waals surface area contributed by atoms with E-state index < -0.39 is 0 Å². The summed E-state index contributed by atoms with van der Waals surface area (Å²) in [6.07, 6.45) is 3.04. The van der Waals surface area contributed by atoms with Crippen molar-refractivity contribution in [3.05, 3.63) is 0 Å². The van der Waals surface area contributed by atoms with Crippen LogP contribution in [0.15, 0.2) is 0 Å². The second-order valence-electron chi connectivity index (χ2n) is 5.85. The van der Waals surface area contributed by atoms with Crippen LogP contribution in [-0.2, 0) is 9.59 Å². The van der Waals surface area contributed by atoms with Gasteiger partial charge in [0.25, 0.3) is 0 Å². The highest BCUT2D eigenvalue weighted by atomic mass is 16.2. The Balaban J connectivity index is -0.000000446. The zero-order valence-electron chi connectivity index (χ0n) is 16.1. The number of carbonyl (C=O) groups is 2. The predicted octanol–water partition coefficient (Wildman–Crippen LogP) is 2.47. The third-order valence-corrected chi connectivity index (χ3v) is 3.24. The van der Waals surface area contributed by atoms with Gasteiger partial charge in [-0.1, -0.05) is 34.6 Å². The molecule has 0 aromatic heterocycles. The molecular weight excluding hydrogens is 280 g/mol. The zero-order valence-corrected chi connectivity index (χ0v) is 16.1. The third-order valence-electron chi connectivity index (χ3n) is 3.24. The zero-order chi connectivity index (χ0) is 18.3. The number of aliphatic hydroxyl groups is 1. The minimum atomic E-state index is -0.0713. The number of nitrogens with zero attached hydrogens (tertiary/aromatic N) is 1. The van der Waals surface area contributed by atoms with E-state index in [1.807, 2.05) is 25.8 Å². The summed E-state index contributed by atoms with van der Waals surface area (Å²) in [5.41, 5.74) is -0.0197. The number of hydrogen-bond donors (Lipinski definition) is 2. The molecule has 0 bridgehead atoms. The summed E-state index contributed by atoms with van der Waals surface area (Å²) in [6.45, 7) is 14.8. The van der Waals surface area contributed by atoms with E-state index >= 15 is 0 Å². The first-order valence-electron chi connectivity index (χ1n) is 8.11. The molecule has 2 N–H and O–H groups in total. The molecule has 5 heteroatoms. The molecule has 0 aliphatic carbocycles. The normalized spacial score (nSPS) is 17.7. The molecule has 1 rings (SSSR count). The van der Waals surface area contributed by atoms with Crippen LogP contribution >= 0.6 is 0 Å². The minimum Gasteiger partial charge on any atom is -0.400 e. The van der Waals surface area contributed by atoms with E-state index in [2.05, 4.69) is 33.0 Å². The van der Waals surface area contributed by atoms with Gasteiger partial charge in [0.05, 0.1) is 6.04 Å². The lowest BCUT2D eigenvalue weighted by Gasteiger charge is -2.34. The molecule has 1 fully saturated rings. The van der Waals surface area contributed by atoms with E-state index in [0.29, 0.717) is 6.04 Å². The summed E-state index contributed by atoms with van der Waals surface area (Å²) in [5, 5.41) is 10.1. The first-order chi connectivity index (χ1) is 10.3. The van der Waals surface area contributed by atoms with Gasteiger partial charge in [0.1, 0.15) is 6.29 Å². The van der Waals surface area contributed by atoms with Crippen molar-refractivity contribution in [2.24, 2.45) is 5.41 Å². The Hall–Kier alpha value is -0.940. The Morgan fingerprint density at radius 3 is 1.95 bits per heavy atom. The molecular formula is C17H38N2O3. The number of aliphatic hydroxyl groups excluding tert-OH is 1. The van der Waals surface area contributed by atoms with E-state index in [-0.39, 0.29) is 17.4 Å². The fourth-order valence-corrected chi connectivity index (χ4v) is 2.35. The fourth-order valence-electron chi connectivity index (χ4n) is 2.35. The summed E-state index contributed by atoms with van der Waals surface area (Å²) in [5.74, 6) is 0.259. The number of carbonyl (C=O) groups excluding carboxylic acids is 2. The van der Waals surface area contributed by atoms with Gasteiger partial charge in [0.15, 0.2) is 0 Å². The van der Waals surface area contributed by atoms with Crippen LogP contribution in [0, 0.1) is 5.41 Å². The van der Waals surface area contributed by atoms with Gasteiger partial charge in [0.2, 0.25) is 5.91 Å². The van der Waals surface area contributed by atoms with Gasteiger partial charge in [-0.05, 0) is 39.2 Å². The van der Waals surface area contributed by atoms with Crippen molar-refractivity contribution in [1.29, 1.82) is 0 Å². The number of hydrogen-bond acceptors (Lipinski definition) is 4. The molecule has 2 atom stereocenters. The van der Waals surface area contributed by atoms with Gasteiger partial charge in [-0.25, -0.2) is 0 Å². The number of rotatable bonds is 2. The van der Waals surface area contributed by atoms with Gasteiger partial charge < -0.3 is 20.1 Å². The van der Waals surface area contributed by atoms with E-state index in [1.165, 1.54) is 6.92 Å². The summed E-state index contributed by atoms with van der Waals surface area (Å²) < 4.78 is 0. The molecule has 2 unspecified atom stereocenters. The number of likely N-dealkylation sites (tertiary alicyclic amines) is 1. The van der Waals surface area contributed by atoms with Crippen molar-refractivity contribution >= 4 is 12.2 Å².